The highest BCUT2D eigenvalue weighted by Crippen LogP contribution is 2.35. The number of thiophene rings is 2. The van der Waals surface area contributed by atoms with Crippen LogP contribution in [0, 0.1) is 0 Å². The first-order valence-electron chi connectivity index (χ1n) is 7.71. The molecule has 0 aliphatic heterocycles. The molecule has 0 amide bonds. The quantitative estimate of drug-likeness (QED) is 0.607. The van der Waals surface area contributed by atoms with Gasteiger partial charge in [-0.2, -0.15) is 0 Å². The lowest BCUT2D eigenvalue weighted by Crippen LogP contribution is -2.36. The van der Waals surface area contributed by atoms with Crippen molar-refractivity contribution in [2.24, 2.45) is 5.14 Å². The second kappa shape index (κ2) is 8.87. The van der Waals surface area contributed by atoms with E-state index in [1.807, 2.05) is 19.9 Å². The maximum atomic E-state index is 11.4. The molecule has 2 aromatic rings. The van der Waals surface area contributed by atoms with Crippen molar-refractivity contribution in [2.45, 2.75) is 37.1 Å². The third-order valence-electron chi connectivity index (χ3n) is 3.80. The lowest BCUT2D eigenvalue weighted by molar-refractivity contribution is -0.122. The second-order valence-corrected chi connectivity index (χ2v) is 9.78. The summed E-state index contributed by atoms with van der Waals surface area (Å²) >= 11 is 2.78. The van der Waals surface area contributed by atoms with E-state index in [9.17, 15) is 8.42 Å². The molecule has 0 aromatic carbocycles. The van der Waals surface area contributed by atoms with Gasteiger partial charge in [0.15, 0.2) is 6.29 Å². The Morgan fingerprint density at radius 2 is 1.92 bits per heavy atom. The second-order valence-electron chi connectivity index (χ2n) is 5.55. The Balaban J connectivity index is 2.07. The monoisotopic (exact) mass is 408 g/mol. The van der Waals surface area contributed by atoms with Crippen molar-refractivity contribution in [2.75, 3.05) is 27.4 Å². The van der Waals surface area contributed by atoms with Crippen LogP contribution in [0.5, 0.6) is 0 Å². The van der Waals surface area contributed by atoms with Crippen molar-refractivity contribution < 1.29 is 22.6 Å². The van der Waals surface area contributed by atoms with E-state index in [-0.39, 0.29) is 16.7 Å². The normalized spacial score (nSPS) is 15.1. The largest absolute Gasteiger partial charge is 0.367 e. The van der Waals surface area contributed by atoms with Crippen LogP contribution in [0.1, 0.15) is 18.7 Å². The minimum Gasteiger partial charge on any atom is -0.367 e. The zero-order valence-corrected chi connectivity index (χ0v) is 17.2. The number of nitrogens with zero attached hydrogens (tertiary/aromatic N) is 1. The number of sulfonamides is 1. The Bertz CT molecular complexity index is 755. The number of hydrogen-bond acceptors (Lipinski definition) is 8. The fraction of sp³-hybridized carbons (Fsp3) is 0.600. The average Bonchev–Trinajstić information content (AvgIpc) is 3.11. The maximum absolute atomic E-state index is 11.4. The Kier molecular flexibility index (Phi) is 7.35. The molecule has 0 aliphatic carbocycles. The Hall–Kier alpha value is -0.590. The van der Waals surface area contributed by atoms with Crippen LogP contribution in [-0.2, 0) is 30.8 Å². The number of rotatable bonds is 10. The molecule has 2 heterocycles. The molecule has 0 bridgehead atoms. The molecule has 2 atom stereocenters. The lowest BCUT2D eigenvalue weighted by atomic mass is 10.3. The molecule has 0 aliphatic rings. The zero-order valence-electron chi connectivity index (χ0n) is 14.7. The molecule has 0 saturated carbocycles. The van der Waals surface area contributed by atoms with E-state index in [4.69, 9.17) is 19.3 Å². The number of nitrogens with two attached hydrogens (primary N) is 1. The maximum Gasteiger partial charge on any atom is 0.247 e. The highest BCUT2D eigenvalue weighted by atomic mass is 32.2. The molecule has 142 valence electrons. The summed E-state index contributed by atoms with van der Waals surface area (Å²) in [6.45, 7) is 5.74. The molecule has 7 nitrogen and oxygen atoms in total. The van der Waals surface area contributed by atoms with E-state index in [1.54, 1.807) is 31.6 Å². The summed E-state index contributed by atoms with van der Waals surface area (Å²) in [6, 6.07) is 3.63. The summed E-state index contributed by atoms with van der Waals surface area (Å²) in [4.78, 5) is 3.28. The van der Waals surface area contributed by atoms with Crippen LogP contribution in [0.4, 0.5) is 0 Å². The summed E-state index contributed by atoms with van der Waals surface area (Å²) in [7, 11) is -0.370. The SMILES string of the molecule is COC(C)OCCN(Cc1cc2cc(S(N)(=O)=O)sc2s1)C(C)OC. The van der Waals surface area contributed by atoms with Gasteiger partial charge in [0.1, 0.15) is 10.4 Å². The molecule has 2 aromatic heterocycles. The predicted molar refractivity (Wildman–Crippen MR) is 100 cm³/mol. The van der Waals surface area contributed by atoms with E-state index in [0.29, 0.717) is 19.7 Å². The molecule has 25 heavy (non-hydrogen) atoms. The number of primary sulfonamides is 1. The minimum absolute atomic E-state index is 0.0680. The number of methoxy groups -OCH3 is 2. The van der Waals surface area contributed by atoms with Gasteiger partial charge in [-0.3, -0.25) is 4.90 Å². The van der Waals surface area contributed by atoms with Crippen molar-refractivity contribution in [3.05, 3.63) is 17.0 Å². The van der Waals surface area contributed by atoms with Gasteiger partial charge < -0.3 is 14.2 Å². The topological polar surface area (TPSA) is 91.1 Å². The van der Waals surface area contributed by atoms with E-state index < -0.39 is 10.0 Å². The molecule has 10 heteroatoms. The van der Waals surface area contributed by atoms with Crippen LogP contribution in [0.2, 0.25) is 0 Å². The average molecular weight is 409 g/mol. The molecule has 0 radical (unpaired) electrons. The minimum atomic E-state index is -3.64. The fourth-order valence-corrected chi connectivity index (χ4v) is 5.64. The van der Waals surface area contributed by atoms with Crippen molar-refractivity contribution in [3.8, 4) is 0 Å². The molecule has 2 unspecified atom stereocenters. The van der Waals surface area contributed by atoms with Gasteiger partial charge in [-0.25, -0.2) is 13.6 Å². The summed E-state index contributed by atoms with van der Waals surface area (Å²) in [5.41, 5.74) is 0. The van der Waals surface area contributed by atoms with Crippen molar-refractivity contribution in [3.63, 3.8) is 0 Å². The van der Waals surface area contributed by atoms with Crippen LogP contribution in [0.3, 0.4) is 0 Å². The van der Waals surface area contributed by atoms with Gasteiger partial charge in [0, 0.05) is 37.6 Å². The van der Waals surface area contributed by atoms with Gasteiger partial charge in [0.25, 0.3) is 0 Å². The smallest absolute Gasteiger partial charge is 0.247 e. The number of ether oxygens (including phenoxy) is 3. The van der Waals surface area contributed by atoms with Gasteiger partial charge in [-0.05, 0) is 26.0 Å². The van der Waals surface area contributed by atoms with E-state index in [1.165, 1.54) is 11.3 Å². The van der Waals surface area contributed by atoms with E-state index >= 15 is 0 Å². The van der Waals surface area contributed by atoms with Crippen LogP contribution in [0.15, 0.2) is 16.3 Å². The molecule has 0 fully saturated rings. The van der Waals surface area contributed by atoms with Gasteiger partial charge in [-0.15, -0.1) is 22.7 Å². The predicted octanol–water partition coefficient (Wildman–Crippen LogP) is 2.41. The van der Waals surface area contributed by atoms with Gasteiger partial charge in [-0.1, -0.05) is 0 Å². The molecular weight excluding hydrogens is 384 g/mol. The molecule has 2 N–H and O–H groups in total. The molecule has 2 rings (SSSR count). The lowest BCUT2D eigenvalue weighted by Gasteiger charge is -2.27. The third-order valence-corrected chi connectivity index (χ3v) is 7.60. The van der Waals surface area contributed by atoms with Gasteiger partial charge >= 0.3 is 0 Å². The van der Waals surface area contributed by atoms with Gasteiger partial charge in [0.2, 0.25) is 10.0 Å². The van der Waals surface area contributed by atoms with Crippen LogP contribution >= 0.6 is 22.7 Å². The highest BCUT2D eigenvalue weighted by Gasteiger charge is 2.18. The molecule has 0 spiro atoms. The number of hydrogen-bond donors (Lipinski definition) is 1. The summed E-state index contributed by atoms with van der Waals surface area (Å²) in [5, 5.41) is 6.09. The first-order chi connectivity index (χ1) is 11.7. The van der Waals surface area contributed by atoms with Crippen LogP contribution in [-0.4, -0.2) is 53.2 Å². The Morgan fingerprint density at radius 1 is 1.20 bits per heavy atom. The third kappa shape index (κ3) is 5.69. The summed E-state index contributed by atoms with van der Waals surface area (Å²) in [6.07, 6.45) is -0.315. The standard InChI is InChI=1S/C15H24N2O5S3/c1-10(20-3)17(5-6-22-11(2)21-4)9-13-7-12-8-14(25(16,18)19)24-15(12)23-13/h7-8,10-11H,5-6,9H2,1-4H3,(H2,16,18,19). The first-order valence-corrected chi connectivity index (χ1v) is 10.9. The Labute approximate surface area is 156 Å². The van der Waals surface area contributed by atoms with Crippen molar-refractivity contribution in [1.82, 2.24) is 4.90 Å². The molecule has 0 saturated heterocycles. The molecular formula is C15H24N2O5S3. The van der Waals surface area contributed by atoms with Crippen molar-refractivity contribution >= 4 is 42.1 Å². The first kappa shape index (κ1) is 20.7. The van der Waals surface area contributed by atoms with Crippen LogP contribution in [0.25, 0.3) is 9.40 Å². The fourth-order valence-electron chi connectivity index (χ4n) is 2.23. The zero-order chi connectivity index (χ0) is 18.6. The van der Waals surface area contributed by atoms with E-state index in [0.717, 1.165) is 14.3 Å². The number of fused-ring (bicyclic) bond motifs is 1. The Morgan fingerprint density at radius 3 is 2.48 bits per heavy atom. The summed E-state index contributed by atoms with van der Waals surface area (Å²) in [5.74, 6) is 0. The van der Waals surface area contributed by atoms with Crippen molar-refractivity contribution in [1.29, 1.82) is 0 Å². The summed E-state index contributed by atoms with van der Waals surface area (Å²) < 4.78 is 40.1. The van der Waals surface area contributed by atoms with E-state index in [2.05, 4.69) is 4.90 Å². The highest BCUT2D eigenvalue weighted by molar-refractivity contribution is 7.91. The van der Waals surface area contributed by atoms with Crippen LogP contribution < -0.4 is 5.14 Å². The van der Waals surface area contributed by atoms with Gasteiger partial charge in [0.05, 0.1) is 10.6 Å².